The number of sulfone groups is 1. The lowest BCUT2D eigenvalue weighted by Gasteiger charge is -2.09. The maximum absolute atomic E-state index is 12.5. The second-order valence-electron chi connectivity index (χ2n) is 4.74. The molecular weight excluding hydrogens is 324 g/mol. The number of benzene rings is 2. The van der Waals surface area contributed by atoms with Crippen LogP contribution in [0, 0.1) is 0 Å². The quantitative estimate of drug-likeness (QED) is 0.896. The average Bonchev–Trinajstić information content (AvgIpc) is 2.48. The van der Waals surface area contributed by atoms with E-state index in [-0.39, 0.29) is 20.7 Å². The zero-order valence-corrected chi connectivity index (χ0v) is 13.4. The third-order valence-corrected chi connectivity index (χ3v) is 5.24. The number of hydrogen-bond acceptors (Lipinski definition) is 4. The first-order chi connectivity index (χ1) is 10.3. The van der Waals surface area contributed by atoms with Crippen molar-refractivity contribution in [3.05, 3.63) is 53.6 Å². The highest BCUT2D eigenvalue weighted by atomic mass is 35.5. The molecule has 1 amide bonds. The van der Waals surface area contributed by atoms with Crippen molar-refractivity contribution in [1.82, 2.24) is 0 Å². The van der Waals surface area contributed by atoms with E-state index in [1.165, 1.54) is 36.4 Å². The molecule has 0 radical (unpaired) electrons. The third-order valence-electron chi connectivity index (χ3n) is 2.97. The molecule has 0 bridgehead atoms. The van der Waals surface area contributed by atoms with Crippen LogP contribution in [-0.2, 0) is 14.6 Å². The topological polar surface area (TPSA) is 89.3 Å². The van der Waals surface area contributed by atoms with E-state index in [1.54, 1.807) is 19.1 Å². The fourth-order valence-electron chi connectivity index (χ4n) is 1.76. The second-order valence-corrected chi connectivity index (χ2v) is 7.06. The lowest BCUT2D eigenvalue weighted by Crippen LogP contribution is -2.32. The van der Waals surface area contributed by atoms with Gasteiger partial charge in [-0.05, 0) is 43.3 Å². The van der Waals surface area contributed by atoms with Gasteiger partial charge >= 0.3 is 0 Å². The molecule has 0 heterocycles. The molecule has 2 aromatic carbocycles. The van der Waals surface area contributed by atoms with Gasteiger partial charge in [-0.1, -0.05) is 23.7 Å². The minimum Gasteiger partial charge on any atom is -0.325 e. The van der Waals surface area contributed by atoms with Gasteiger partial charge in [-0.3, -0.25) is 4.79 Å². The Bertz CT molecular complexity index is 787. The summed E-state index contributed by atoms with van der Waals surface area (Å²) in [4.78, 5) is 11.6. The second kappa shape index (κ2) is 6.48. The summed E-state index contributed by atoms with van der Waals surface area (Å²) in [6, 6.07) is 11.4. The SMILES string of the molecule is CC(N)C(=O)Nc1ccc(S(=O)(=O)c2ccccc2Cl)cc1. The predicted octanol–water partition coefficient (Wildman–Crippen LogP) is 2.46. The highest BCUT2D eigenvalue weighted by Crippen LogP contribution is 2.27. The van der Waals surface area contributed by atoms with Gasteiger partial charge in [0.2, 0.25) is 15.7 Å². The van der Waals surface area contributed by atoms with E-state index >= 15 is 0 Å². The van der Waals surface area contributed by atoms with E-state index in [0.29, 0.717) is 5.69 Å². The Hall–Kier alpha value is -1.89. The van der Waals surface area contributed by atoms with Crippen LogP contribution in [0.4, 0.5) is 5.69 Å². The summed E-state index contributed by atoms with van der Waals surface area (Å²) in [6.45, 7) is 1.56. The van der Waals surface area contributed by atoms with Gasteiger partial charge < -0.3 is 11.1 Å². The summed E-state index contributed by atoms with van der Waals surface area (Å²) in [5.41, 5.74) is 5.93. The Balaban J connectivity index is 2.31. The normalized spacial score (nSPS) is 12.7. The first kappa shape index (κ1) is 16.5. The monoisotopic (exact) mass is 338 g/mol. The highest BCUT2D eigenvalue weighted by molar-refractivity contribution is 7.91. The first-order valence-electron chi connectivity index (χ1n) is 6.48. The average molecular weight is 339 g/mol. The molecule has 0 spiro atoms. The van der Waals surface area contributed by atoms with Gasteiger partial charge in [-0.25, -0.2) is 8.42 Å². The Morgan fingerprint density at radius 1 is 1.14 bits per heavy atom. The molecule has 1 atom stereocenters. The number of hydrogen-bond donors (Lipinski definition) is 2. The third kappa shape index (κ3) is 3.47. The van der Waals surface area contributed by atoms with Crippen LogP contribution < -0.4 is 11.1 Å². The maximum Gasteiger partial charge on any atom is 0.240 e. The molecule has 0 aliphatic rings. The van der Waals surface area contributed by atoms with Crippen LogP contribution in [0.15, 0.2) is 58.3 Å². The standard InChI is InChI=1S/C15H15ClN2O3S/c1-10(17)15(19)18-11-6-8-12(9-7-11)22(20,21)14-5-3-2-4-13(14)16/h2-10H,17H2,1H3,(H,18,19). The number of nitrogens with two attached hydrogens (primary N) is 1. The van der Waals surface area contributed by atoms with Gasteiger partial charge in [0.1, 0.15) is 0 Å². The minimum atomic E-state index is -3.70. The van der Waals surface area contributed by atoms with Crippen LogP contribution in [0.3, 0.4) is 0 Å². The van der Waals surface area contributed by atoms with Crippen molar-refractivity contribution in [2.24, 2.45) is 5.73 Å². The molecule has 0 aliphatic carbocycles. The predicted molar refractivity (Wildman–Crippen MR) is 85.6 cm³/mol. The Kier molecular flexibility index (Phi) is 4.85. The molecule has 7 heteroatoms. The van der Waals surface area contributed by atoms with E-state index < -0.39 is 15.9 Å². The smallest absolute Gasteiger partial charge is 0.240 e. The number of carbonyl (C=O) groups is 1. The van der Waals surface area contributed by atoms with Gasteiger partial charge in [-0.2, -0.15) is 0 Å². The molecule has 22 heavy (non-hydrogen) atoms. The minimum absolute atomic E-state index is 0.0454. The van der Waals surface area contributed by atoms with Crippen LogP contribution in [-0.4, -0.2) is 20.4 Å². The molecule has 116 valence electrons. The van der Waals surface area contributed by atoms with Gasteiger partial charge in [0, 0.05) is 5.69 Å². The summed E-state index contributed by atoms with van der Waals surface area (Å²) in [7, 11) is -3.70. The van der Waals surface area contributed by atoms with E-state index in [0.717, 1.165) is 0 Å². The van der Waals surface area contributed by atoms with Crippen molar-refractivity contribution >= 4 is 33.0 Å². The van der Waals surface area contributed by atoms with Crippen molar-refractivity contribution < 1.29 is 13.2 Å². The maximum atomic E-state index is 12.5. The Morgan fingerprint density at radius 2 is 1.73 bits per heavy atom. The van der Waals surface area contributed by atoms with Crippen molar-refractivity contribution in [3.63, 3.8) is 0 Å². The summed E-state index contributed by atoms with van der Waals surface area (Å²) >= 11 is 5.94. The van der Waals surface area contributed by atoms with E-state index in [4.69, 9.17) is 17.3 Å². The number of carbonyl (C=O) groups excluding carboxylic acids is 1. The number of halogens is 1. The van der Waals surface area contributed by atoms with Crippen LogP contribution in [0.1, 0.15) is 6.92 Å². The summed E-state index contributed by atoms with van der Waals surface area (Å²) in [5.74, 6) is -0.346. The highest BCUT2D eigenvalue weighted by Gasteiger charge is 2.20. The molecule has 1 unspecified atom stereocenters. The molecule has 0 saturated carbocycles. The van der Waals surface area contributed by atoms with E-state index in [2.05, 4.69) is 5.32 Å². The van der Waals surface area contributed by atoms with Crippen molar-refractivity contribution in [3.8, 4) is 0 Å². The molecular formula is C15H15ClN2O3S. The van der Waals surface area contributed by atoms with Crippen LogP contribution >= 0.6 is 11.6 Å². The fourth-order valence-corrected chi connectivity index (χ4v) is 3.53. The van der Waals surface area contributed by atoms with Crippen LogP contribution in [0.5, 0.6) is 0 Å². The van der Waals surface area contributed by atoms with Crippen molar-refractivity contribution in [1.29, 1.82) is 0 Å². The van der Waals surface area contributed by atoms with Crippen LogP contribution in [0.25, 0.3) is 0 Å². The van der Waals surface area contributed by atoms with Gasteiger partial charge in [0.15, 0.2) is 0 Å². The van der Waals surface area contributed by atoms with Gasteiger partial charge in [0.25, 0.3) is 0 Å². The fraction of sp³-hybridized carbons (Fsp3) is 0.133. The molecule has 2 aromatic rings. The number of anilines is 1. The van der Waals surface area contributed by atoms with Crippen molar-refractivity contribution in [2.45, 2.75) is 22.8 Å². The first-order valence-corrected chi connectivity index (χ1v) is 8.34. The summed E-state index contributed by atoms with van der Waals surface area (Å²) < 4.78 is 25.0. The van der Waals surface area contributed by atoms with Gasteiger partial charge in [-0.15, -0.1) is 0 Å². The summed E-state index contributed by atoms with van der Waals surface area (Å²) in [5, 5.41) is 2.75. The molecule has 0 saturated heterocycles. The Labute approximate surface area is 134 Å². The van der Waals surface area contributed by atoms with Crippen molar-refractivity contribution in [2.75, 3.05) is 5.32 Å². The zero-order chi connectivity index (χ0) is 16.3. The molecule has 5 nitrogen and oxygen atoms in total. The molecule has 0 fully saturated rings. The summed E-state index contributed by atoms with van der Waals surface area (Å²) in [6.07, 6.45) is 0. The van der Waals surface area contributed by atoms with E-state index in [9.17, 15) is 13.2 Å². The number of nitrogens with one attached hydrogen (secondary N) is 1. The molecule has 3 N–H and O–H groups in total. The van der Waals surface area contributed by atoms with E-state index in [1.807, 2.05) is 0 Å². The Morgan fingerprint density at radius 3 is 2.27 bits per heavy atom. The van der Waals surface area contributed by atoms with Gasteiger partial charge in [0.05, 0.1) is 20.9 Å². The lowest BCUT2D eigenvalue weighted by atomic mass is 10.3. The van der Waals surface area contributed by atoms with Crippen LogP contribution in [0.2, 0.25) is 5.02 Å². The molecule has 0 aliphatic heterocycles. The molecule has 2 rings (SSSR count). The zero-order valence-electron chi connectivity index (χ0n) is 11.8. The largest absolute Gasteiger partial charge is 0.325 e. The molecule has 0 aromatic heterocycles. The number of amides is 1. The lowest BCUT2D eigenvalue weighted by molar-refractivity contribution is -0.117. The number of rotatable bonds is 4.